The number of rotatable bonds is 10. The summed E-state index contributed by atoms with van der Waals surface area (Å²) in [5.74, 6) is 0.504. The molecule has 11 nitrogen and oxygen atoms in total. The van der Waals surface area contributed by atoms with Gasteiger partial charge in [-0.25, -0.2) is 4.79 Å². The number of hydrogen-bond acceptors (Lipinski definition) is 7. The summed E-state index contributed by atoms with van der Waals surface area (Å²) < 4.78 is 18.2. The van der Waals surface area contributed by atoms with E-state index in [1.54, 1.807) is 36.4 Å². The number of benzene rings is 2. The topological polar surface area (TPSA) is 134 Å². The number of nitrogens with one attached hydrogen (secondary N) is 2. The number of furan rings is 1. The maximum absolute atomic E-state index is 13.6. The van der Waals surface area contributed by atoms with Gasteiger partial charge >= 0.3 is 5.69 Å². The van der Waals surface area contributed by atoms with E-state index in [1.807, 2.05) is 13.8 Å². The molecule has 11 heteroatoms. The van der Waals surface area contributed by atoms with Crippen LogP contribution in [0.3, 0.4) is 0 Å². The molecule has 4 rings (SSSR count). The van der Waals surface area contributed by atoms with E-state index in [0.29, 0.717) is 28.4 Å². The second kappa shape index (κ2) is 11.7. The molecule has 0 saturated carbocycles. The van der Waals surface area contributed by atoms with Crippen LogP contribution < -0.4 is 31.4 Å². The molecule has 0 saturated heterocycles. The first-order chi connectivity index (χ1) is 18.7. The number of hydrogen-bond donors (Lipinski definition) is 2. The first-order valence-electron chi connectivity index (χ1n) is 12.3. The molecular formula is C28H30N4O7. The lowest BCUT2D eigenvalue weighted by Gasteiger charge is -2.16. The van der Waals surface area contributed by atoms with Gasteiger partial charge in [0.2, 0.25) is 5.91 Å². The highest BCUT2D eigenvalue weighted by Crippen LogP contribution is 2.30. The smallest absolute Gasteiger partial charge is 0.332 e. The molecule has 0 spiro atoms. The average molecular weight is 535 g/mol. The van der Waals surface area contributed by atoms with Gasteiger partial charge in [0.15, 0.2) is 11.5 Å². The Kier molecular flexibility index (Phi) is 8.18. The van der Waals surface area contributed by atoms with Gasteiger partial charge in [-0.1, -0.05) is 12.1 Å². The van der Waals surface area contributed by atoms with Crippen molar-refractivity contribution in [2.45, 2.75) is 39.5 Å². The van der Waals surface area contributed by atoms with Crippen molar-refractivity contribution in [2.24, 2.45) is 0 Å². The quantitative estimate of drug-likeness (QED) is 0.319. The van der Waals surface area contributed by atoms with Crippen molar-refractivity contribution in [2.75, 3.05) is 14.2 Å². The third-order valence-corrected chi connectivity index (χ3v) is 6.05. The fourth-order valence-corrected chi connectivity index (χ4v) is 4.12. The molecule has 0 unspecified atom stereocenters. The van der Waals surface area contributed by atoms with Gasteiger partial charge in [-0.05, 0) is 49.7 Å². The zero-order valence-electron chi connectivity index (χ0n) is 22.1. The van der Waals surface area contributed by atoms with Crippen molar-refractivity contribution >= 4 is 22.7 Å². The van der Waals surface area contributed by atoms with E-state index in [1.165, 1.54) is 37.2 Å². The summed E-state index contributed by atoms with van der Waals surface area (Å²) in [5, 5.41) is 5.71. The number of amides is 2. The Hall–Kier alpha value is -4.80. The Bertz CT molecular complexity index is 1600. The Labute approximate surface area is 224 Å². The molecule has 0 bridgehead atoms. The molecular weight excluding hydrogens is 504 g/mol. The van der Waals surface area contributed by atoms with E-state index in [9.17, 15) is 19.2 Å². The number of fused-ring (bicyclic) bond motifs is 1. The maximum Gasteiger partial charge on any atom is 0.332 e. The zero-order chi connectivity index (χ0) is 28.1. The Balaban J connectivity index is 1.74. The fraction of sp³-hybridized carbons (Fsp3) is 0.286. The second-order valence-electron chi connectivity index (χ2n) is 9.17. The minimum absolute atomic E-state index is 0.0151. The van der Waals surface area contributed by atoms with Gasteiger partial charge in [-0.2, -0.15) is 0 Å². The molecule has 2 amide bonds. The number of carbonyl (C=O) groups is 2. The lowest BCUT2D eigenvalue weighted by atomic mass is 10.1. The molecule has 2 aromatic carbocycles. The molecule has 0 fully saturated rings. The SMILES string of the molecule is COc1cc2c(=O)n(Cc3ccc(C(=O)NC(C)C)cc3)c(=O)n(CC(=O)NCc3ccco3)c2cc1OC. The van der Waals surface area contributed by atoms with Crippen LogP contribution in [0.15, 0.2) is 68.8 Å². The fourth-order valence-electron chi connectivity index (χ4n) is 4.12. The summed E-state index contributed by atoms with van der Waals surface area (Å²) >= 11 is 0. The zero-order valence-corrected chi connectivity index (χ0v) is 22.1. The van der Waals surface area contributed by atoms with Gasteiger partial charge < -0.3 is 24.5 Å². The molecule has 0 aliphatic carbocycles. The molecule has 2 heterocycles. The third kappa shape index (κ3) is 6.03. The van der Waals surface area contributed by atoms with Gasteiger partial charge in [0.05, 0.1) is 44.5 Å². The number of nitrogens with zero attached hydrogens (tertiary/aromatic N) is 2. The van der Waals surface area contributed by atoms with Crippen molar-refractivity contribution in [1.82, 2.24) is 19.8 Å². The van der Waals surface area contributed by atoms with Gasteiger partial charge in [-0.3, -0.25) is 23.5 Å². The van der Waals surface area contributed by atoms with Crippen LogP contribution in [-0.2, 0) is 24.4 Å². The first-order valence-corrected chi connectivity index (χ1v) is 12.3. The molecule has 4 aromatic rings. The van der Waals surface area contributed by atoms with E-state index in [4.69, 9.17) is 13.9 Å². The van der Waals surface area contributed by atoms with E-state index in [0.717, 1.165) is 4.57 Å². The van der Waals surface area contributed by atoms with E-state index >= 15 is 0 Å². The highest BCUT2D eigenvalue weighted by Gasteiger charge is 2.19. The highest BCUT2D eigenvalue weighted by molar-refractivity contribution is 5.94. The van der Waals surface area contributed by atoms with Gasteiger partial charge in [0.1, 0.15) is 12.3 Å². The maximum atomic E-state index is 13.6. The summed E-state index contributed by atoms with van der Waals surface area (Å²) in [5.41, 5.74) is 0.0943. The lowest BCUT2D eigenvalue weighted by Crippen LogP contribution is -2.42. The summed E-state index contributed by atoms with van der Waals surface area (Å²) in [6, 6.07) is 13.0. The number of ether oxygens (including phenoxy) is 2. The van der Waals surface area contributed by atoms with Crippen molar-refractivity contribution in [3.8, 4) is 11.5 Å². The van der Waals surface area contributed by atoms with Crippen molar-refractivity contribution in [3.63, 3.8) is 0 Å². The standard InChI is InChI=1S/C28H30N4O7/c1-17(2)30-26(34)19-9-7-18(8-10-19)15-32-27(35)21-12-23(37-3)24(38-4)13-22(21)31(28(32)36)16-25(33)29-14-20-6-5-11-39-20/h5-13,17H,14-16H2,1-4H3,(H,29,33)(H,30,34). The van der Waals surface area contributed by atoms with Gasteiger partial charge in [0, 0.05) is 17.7 Å². The van der Waals surface area contributed by atoms with Crippen molar-refractivity contribution in [1.29, 1.82) is 0 Å². The molecule has 2 aromatic heterocycles. The van der Waals surface area contributed by atoms with Crippen molar-refractivity contribution < 1.29 is 23.5 Å². The van der Waals surface area contributed by atoms with Crippen LogP contribution in [0.2, 0.25) is 0 Å². The lowest BCUT2D eigenvalue weighted by molar-refractivity contribution is -0.121. The summed E-state index contributed by atoms with van der Waals surface area (Å²) in [6.07, 6.45) is 1.50. The van der Waals surface area contributed by atoms with E-state index in [-0.39, 0.29) is 42.5 Å². The predicted molar refractivity (Wildman–Crippen MR) is 144 cm³/mol. The molecule has 0 aliphatic rings. The molecule has 0 aliphatic heterocycles. The van der Waals surface area contributed by atoms with Crippen LogP contribution in [0, 0.1) is 0 Å². The van der Waals surface area contributed by atoms with Crippen LogP contribution in [0.1, 0.15) is 35.5 Å². The molecule has 0 radical (unpaired) electrons. The molecule has 204 valence electrons. The number of carbonyl (C=O) groups excluding carboxylic acids is 2. The van der Waals surface area contributed by atoms with Crippen molar-refractivity contribution in [3.05, 3.63) is 92.5 Å². The monoisotopic (exact) mass is 534 g/mol. The number of aromatic nitrogens is 2. The summed E-state index contributed by atoms with van der Waals surface area (Å²) in [7, 11) is 2.88. The highest BCUT2D eigenvalue weighted by atomic mass is 16.5. The predicted octanol–water partition coefficient (Wildman–Crippen LogP) is 2.28. The van der Waals surface area contributed by atoms with Crippen LogP contribution in [0.25, 0.3) is 10.9 Å². The van der Waals surface area contributed by atoms with E-state index < -0.39 is 17.2 Å². The molecule has 39 heavy (non-hydrogen) atoms. The molecule has 0 atom stereocenters. The van der Waals surface area contributed by atoms with Crippen LogP contribution in [0.5, 0.6) is 11.5 Å². The minimum Gasteiger partial charge on any atom is -0.493 e. The Morgan fingerprint density at radius 2 is 1.67 bits per heavy atom. The summed E-state index contributed by atoms with van der Waals surface area (Å²) in [4.78, 5) is 52.2. The number of methoxy groups -OCH3 is 2. The average Bonchev–Trinajstić information content (AvgIpc) is 3.45. The third-order valence-electron chi connectivity index (χ3n) is 6.05. The minimum atomic E-state index is -0.672. The van der Waals surface area contributed by atoms with Gasteiger partial charge in [0.25, 0.3) is 11.5 Å². The largest absolute Gasteiger partial charge is 0.493 e. The van der Waals surface area contributed by atoms with Gasteiger partial charge in [-0.15, -0.1) is 0 Å². The Morgan fingerprint density at radius 1 is 0.974 bits per heavy atom. The van der Waals surface area contributed by atoms with E-state index in [2.05, 4.69) is 10.6 Å². The van der Waals surface area contributed by atoms with Crippen LogP contribution in [0.4, 0.5) is 0 Å². The summed E-state index contributed by atoms with van der Waals surface area (Å²) in [6.45, 7) is 3.46. The first kappa shape index (κ1) is 27.2. The van der Waals surface area contributed by atoms with Crippen LogP contribution in [-0.4, -0.2) is 41.2 Å². The Morgan fingerprint density at radius 3 is 2.28 bits per heavy atom. The second-order valence-corrected chi connectivity index (χ2v) is 9.17. The van der Waals surface area contributed by atoms with Crippen LogP contribution >= 0.6 is 0 Å². The molecule has 2 N–H and O–H groups in total. The normalized spacial score (nSPS) is 11.0.